The minimum Gasteiger partial charge on any atom is -0.379 e. The molecule has 0 saturated heterocycles. The first kappa shape index (κ1) is 14.0. The molecule has 0 heterocycles. The molecule has 0 amide bonds. The average molecular weight is 227 g/mol. The smallest absolute Gasteiger partial charge is 0.0634 e. The lowest BCUT2D eigenvalue weighted by Gasteiger charge is -2.33. The SMILES string of the molecule is COC(C)(C)CCNC1CCC(C)C(C)C1. The van der Waals surface area contributed by atoms with Crippen LogP contribution in [0.15, 0.2) is 0 Å². The summed E-state index contributed by atoms with van der Waals surface area (Å²) < 4.78 is 5.43. The van der Waals surface area contributed by atoms with Crippen LogP contribution in [0.4, 0.5) is 0 Å². The van der Waals surface area contributed by atoms with Crippen LogP contribution in [0.1, 0.15) is 53.4 Å². The molecule has 0 spiro atoms. The summed E-state index contributed by atoms with van der Waals surface area (Å²) in [4.78, 5) is 0. The van der Waals surface area contributed by atoms with E-state index in [2.05, 4.69) is 33.0 Å². The average Bonchev–Trinajstić information content (AvgIpc) is 2.23. The highest BCUT2D eigenvalue weighted by Crippen LogP contribution is 2.29. The second kappa shape index (κ2) is 6.02. The zero-order valence-corrected chi connectivity index (χ0v) is 11.7. The van der Waals surface area contributed by atoms with Crippen LogP contribution >= 0.6 is 0 Å². The van der Waals surface area contributed by atoms with E-state index < -0.39 is 0 Å². The second-order valence-corrected chi connectivity index (χ2v) is 6.13. The van der Waals surface area contributed by atoms with E-state index in [0.717, 1.165) is 30.8 Å². The standard InChI is InChI=1S/C14H29NO/c1-11-6-7-13(10-12(11)2)15-9-8-14(3,4)16-5/h11-13,15H,6-10H2,1-5H3. The van der Waals surface area contributed by atoms with E-state index in [1.807, 2.05) is 0 Å². The van der Waals surface area contributed by atoms with Gasteiger partial charge in [-0.3, -0.25) is 0 Å². The van der Waals surface area contributed by atoms with Gasteiger partial charge in [0.2, 0.25) is 0 Å². The number of rotatable bonds is 5. The molecule has 1 aliphatic carbocycles. The maximum absolute atomic E-state index is 5.43. The van der Waals surface area contributed by atoms with Crippen molar-refractivity contribution in [2.75, 3.05) is 13.7 Å². The van der Waals surface area contributed by atoms with E-state index in [1.54, 1.807) is 7.11 Å². The van der Waals surface area contributed by atoms with Gasteiger partial charge in [-0.05, 0) is 57.9 Å². The summed E-state index contributed by atoms with van der Waals surface area (Å²) in [5.41, 5.74) is 0.0145. The molecule has 0 aliphatic heterocycles. The Kier molecular flexibility index (Phi) is 5.26. The van der Waals surface area contributed by atoms with Gasteiger partial charge in [0.1, 0.15) is 0 Å². The van der Waals surface area contributed by atoms with Crippen LogP contribution in [-0.2, 0) is 4.74 Å². The Balaban J connectivity index is 2.19. The Labute approximate surface area is 101 Å². The summed E-state index contributed by atoms with van der Waals surface area (Å²) in [6, 6.07) is 0.735. The maximum atomic E-state index is 5.43. The van der Waals surface area contributed by atoms with Crippen LogP contribution < -0.4 is 5.32 Å². The van der Waals surface area contributed by atoms with Crippen LogP contribution in [0.2, 0.25) is 0 Å². The molecule has 2 heteroatoms. The molecule has 0 aromatic carbocycles. The molecule has 1 N–H and O–H groups in total. The normalized spacial score (nSPS) is 31.7. The molecule has 0 bridgehead atoms. The molecule has 0 radical (unpaired) electrons. The fraction of sp³-hybridized carbons (Fsp3) is 1.00. The third kappa shape index (κ3) is 4.42. The fourth-order valence-electron chi connectivity index (χ4n) is 2.41. The van der Waals surface area contributed by atoms with Crippen molar-refractivity contribution in [1.82, 2.24) is 5.32 Å². The monoisotopic (exact) mass is 227 g/mol. The van der Waals surface area contributed by atoms with Crippen LogP contribution in [0.3, 0.4) is 0 Å². The Morgan fingerprint density at radius 2 is 1.88 bits per heavy atom. The third-order valence-electron chi connectivity index (χ3n) is 4.31. The van der Waals surface area contributed by atoms with Crippen LogP contribution in [0.5, 0.6) is 0 Å². The molecule has 0 aromatic heterocycles. The molecule has 3 atom stereocenters. The van der Waals surface area contributed by atoms with Gasteiger partial charge in [0.15, 0.2) is 0 Å². The molecule has 0 aromatic rings. The molecule has 2 nitrogen and oxygen atoms in total. The van der Waals surface area contributed by atoms with Crippen LogP contribution in [0, 0.1) is 11.8 Å². The first-order valence-electron chi connectivity index (χ1n) is 6.73. The maximum Gasteiger partial charge on any atom is 0.0634 e. The largest absolute Gasteiger partial charge is 0.379 e. The van der Waals surface area contributed by atoms with Gasteiger partial charge in [0, 0.05) is 13.2 Å². The highest BCUT2D eigenvalue weighted by molar-refractivity contribution is 4.80. The summed E-state index contributed by atoms with van der Waals surface area (Å²) in [6.45, 7) is 10.2. The van der Waals surface area contributed by atoms with Crippen molar-refractivity contribution in [1.29, 1.82) is 0 Å². The molecule has 3 unspecified atom stereocenters. The number of methoxy groups -OCH3 is 1. The van der Waals surface area contributed by atoms with Crippen molar-refractivity contribution in [2.45, 2.75) is 65.0 Å². The minimum absolute atomic E-state index is 0.0145. The van der Waals surface area contributed by atoms with Gasteiger partial charge in [0.05, 0.1) is 5.60 Å². The van der Waals surface area contributed by atoms with Crippen LogP contribution in [0.25, 0.3) is 0 Å². The lowest BCUT2D eigenvalue weighted by atomic mass is 9.79. The van der Waals surface area contributed by atoms with Gasteiger partial charge in [-0.15, -0.1) is 0 Å². The molecule has 1 rings (SSSR count). The molecule has 1 aliphatic rings. The van der Waals surface area contributed by atoms with Gasteiger partial charge in [-0.2, -0.15) is 0 Å². The van der Waals surface area contributed by atoms with Crippen LogP contribution in [-0.4, -0.2) is 25.3 Å². The number of hydrogen-bond acceptors (Lipinski definition) is 2. The van der Waals surface area contributed by atoms with Crippen molar-refractivity contribution < 1.29 is 4.74 Å². The Hall–Kier alpha value is -0.0800. The molecule has 96 valence electrons. The summed E-state index contributed by atoms with van der Waals surface area (Å²) >= 11 is 0. The molecule has 16 heavy (non-hydrogen) atoms. The highest BCUT2D eigenvalue weighted by Gasteiger charge is 2.24. The van der Waals surface area contributed by atoms with Gasteiger partial charge < -0.3 is 10.1 Å². The molecule has 1 fully saturated rings. The predicted molar refractivity (Wildman–Crippen MR) is 69.7 cm³/mol. The topological polar surface area (TPSA) is 21.3 Å². The lowest BCUT2D eigenvalue weighted by molar-refractivity contribution is 0.0148. The second-order valence-electron chi connectivity index (χ2n) is 6.13. The molecular formula is C14H29NO. The summed E-state index contributed by atoms with van der Waals surface area (Å²) in [5, 5.41) is 3.68. The van der Waals surface area contributed by atoms with Gasteiger partial charge in [-0.1, -0.05) is 13.8 Å². The van der Waals surface area contributed by atoms with Crippen molar-refractivity contribution in [3.05, 3.63) is 0 Å². The van der Waals surface area contributed by atoms with Gasteiger partial charge >= 0.3 is 0 Å². The fourth-order valence-corrected chi connectivity index (χ4v) is 2.41. The number of hydrogen-bond donors (Lipinski definition) is 1. The predicted octanol–water partition coefficient (Wildman–Crippen LogP) is 3.22. The van der Waals surface area contributed by atoms with E-state index in [4.69, 9.17) is 4.74 Å². The summed E-state index contributed by atoms with van der Waals surface area (Å²) in [7, 11) is 1.80. The van der Waals surface area contributed by atoms with Gasteiger partial charge in [0.25, 0.3) is 0 Å². The molecular weight excluding hydrogens is 198 g/mol. The molecule has 1 saturated carbocycles. The Bertz CT molecular complexity index is 203. The van der Waals surface area contributed by atoms with Crippen molar-refractivity contribution in [3.63, 3.8) is 0 Å². The van der Waals surface area contributed by atoms with E-state index in [9.17, 15) is 0 Å². The van der Waals surface area contributed by atoms with E-state index in [-0.39, 0.29) is 5.60 Å². The summed E-state index contributed by atoms with van der Waals surface area (Å²) in [5.74, 6) is 1.79. The van der Waals surface area contributed by atoms with E-state index >= 15 is 0 Å². The zero-order valence-electron chi connectivity index (χ0n) is 11.7. The van der Waals surface area contributed by atoms with Crippen molar-refractivity contribution in [3.8, 4) is 0 Å². The van der Waals surface area contributed by atoms with E-state index in [1.165, 1.54) is 19.3 Å². The summed E-state index contributed by atoms with van der Waals surface area (Å²) in [6.07, 6.45) is 5.16. The minimum atomic E-state index is 0.0145. The quantitative estimate of drug-likeness (QED) is 0.778. The Morgan fingerprint density at radius 1 is 1.19 bits per heavy atom. The first-order valence-corrected chi connectivity index (χ1v) is 6.73. The first-order chi connectivity index (χ1) is 7.44. The lowest BCUT2D eigenvalue weighted by Crippen LogP contribution is -2.39. The number of nitrogens with one attached hydrogen (secondary N) is 1. The van der Waals surface area contributed by atoms with Gasteiger partial charge in [-0.25, -0.2) is 0 Å². The number of ether oxygens (including phenoxy) is 1. The van der Waals surface area contributed by atoms with Crippen molar-refractivity contribution in [2.24, 2.45) is 11.8 Å². The zero-order chi connectivity index (χ0) is 12.2. The van der Waals surface area contributed by atoms with E-state index in [0.29, 0.717) is 0 Å². The van der Waals surface area contributed by atoms with Crippen molar-refractivity contribution >= 4 is 0 Å². The highest BCUT2D eigenvalue weighted by atomic mass is 16.5. The third-order valence-corrected chi connectivity index (χ3v) is 4.31. The Morgan fingerprint density at radius 3 is 2.44 bits per heavy atom.